The molecule has 0 N–H and O–H groups in total. The second-order valence-electron chi connectivity index (χ2n) is 3.88. The van der Waals surface area contributed by atoms with Gasteiger partial charge in [0.05, 0.1) is 0 Å². The van der Waals surface area contributed by atoms with Crippen molar-refractivity contribution in [3.63, 3.8) is 0 Å². The summed E-state index contributed by atoms with van der Waals surface area (Å²) in [7, 11) is 0. The number of hydrogen-bond donors (Lipinski definition) is 0. The molecule has 0 radical (unpaired) electrons. The molecule has 1 aromatic carbocycles. The van der Waals surface area contributed by atoms with E-state index in [2.05, 4.69) is 22.9 Å². The molecule has 0 aliphatic rings. The van der Waals surface area contributed by atoms with Crippen LogP contribution in [0.1, 0.15) is 35.0 Å². The van der Waals surface area contributed by atoms with Crippen molar-refractivity contribution in [3.8, 4) is 0 Å². The van der Waals surface area contributed by atoms with Crippen molar-refractivity contribution in [2.45, 2.75) is 19.8 Å². The highest BCUT2D eigenvalue weighted by atomic mass is 79.9. The Morgan fingerprint density at radius 3 is 2.76 bits per heavy atom. The van der Waals surface area contributed by atoms with Crippen molar-refractivity contribution in [3.05, 3.63) is 58.0 Å². The number of rotatable bonds is 4. The standard InChI is InChI=1S/C14H13BrO2/c1-2-4-10-5-3-6-11(9-10)14(16)12-7-8-13(15)17-12/h3,5-9H,2,4H2,1H3. The van der Waals surface area contributed by atoms with Gasteiger partial charge in [0.1, 0.15) is 0 Å². The first-order chi connectivity index (χ1) is 8.20. The van der Waals surface area contributed by atoms with Crippen LogP contribution >= 0.6 is 15.9 Å². The number of carbonyl (C=O) groups is 1. The van der Waals surface area contributed by atoms with Gasteiger partial charge in [-0.1, -0.05) is 31.5 Å². The molecule has 0 spiro atoms. The van der Waals surface area contributed by atoms with Crippen molar-refractivity contribution < 1.29 is 9.21 Å². The van der Waals surface area contributed by atoms with E-state index in [0.717, 1.165) is 12.8 Å². The van der Waals surface area contributed by atoms with E-state index in [1.165, 1.54) is 5.56 Å². The summed E-state index contributed by atoms with van der Waals surface area (Å²) in [5, 5.41) is 0. The number of ketones is 1. The van der Waals surface area contributed by atoms with E-state index in [1.54, 1.807) is 12.1 Å². The molecule has 2 nitrogen and oxygen atoms in total. The average molecular weight is 293 g/mol. The van der Waals surface area contributed by atoms with Crippen LogP contribution < -0.4 is 0 Å². The molecule has 0 saturated heterocycles. The fourth-order valence-corrected chi connectivity index (χ4v) is 2.04. The Kier molecular flexibility index (Phi) is 3.79. The fourth-order valence-electron chi connectivity index (χ4n) is 1.74. The molecule has 0 fully saturated rings. The Bertz CT molecular complexity index is 529. The van der Waals surface area contributed by atoms with Gasteiger partial charge >= 0.3 is 0 Å². The van der Waals surface area contributed by atoms with E-state index in [0.29, 0.717) is 16.0 Å². The average Bonchev–Trinajstić information content (AvgIpc) is 2.76. The summed E-state index contributed by atoms with van der Waals surface area (Å²) in [4.78, 5) is 12.1. The minimum absolute atomic E-state index is 0.0753. The maximum absolute atomic E-state index is 12.1. The van der Waals surface area contributed by atoms with Crippen LogP contribution in [0.4, 0.5) is 0 Å². The minimum Gasteiger partial charge on any atom is -0.446 e. The molecule has 0 aliphatic heterocycles. The second kappa shape index (κ2) is 5.32. The van der Waals surface area contributed by atoms with Gasteiger partial charge in [-0.15, -0.1) is 0 Å². The lowest BCUT2D eigenvalue weighted by atomic mass is 10.0. The van der Waals surface area contributed by atoms with Crippen molar-refractivity contribution >= 4 is 21.7 Å². The molecule has 88 valence electrons. The first-order valence-corrected chi connectivity index (χ1v) is 6.39. The number of aryl methyl sites for hydroxylation is 1. The fraction of sp³-hybridized carbons (Fsp3) is 0.214. The van der Waals surface area contributed by atoms with Crippen LogP contribution in [-0.2, 0) is 6.42 Å². The Morgan fingerprint density at radius 1 is 1.29 bits per heavy atom. The summed E-state index contributed by atoms with van der Waals surface area (Å²) in [6.45, 7) is 2.12. The van der Waals surface area contributed by atoms with E-state index in [4.69, 9.17) is 4.42 Å². The third-order valence-electron chi connectivity index (χ3n) is 2.52. The molecular formula is C14H13BrO2. The van der Waals surface area contributed by atoms with Crippen molar-refractivity contribution in [2.24, 2.45) is 0 Å². The van der Waals surface area contributed by atoms with Gasteiger partial charge in [0.2, 0.25) is 5.78 Å². The van der Waals surface area contributed by atoms with Crippen LogP contribution in [0, 0.1) is 0 Å². The topological polar surface area (TPSA) is 30.2 Å². The molecule has 2 rings (SSSR count). The minimum atomic E-state index is -0.0753. The van der Waals surface area contributed by atoms with Crippen molar-refractivity contribution in [2.75, 3.05) is 0 Å². The molecule has 3 heteroatoms. The first-order valence-electron chi connectivity index (χ1n) is 5.59. The van der Waals surface area contributed by atoms with E-state index in [1.807, 2.05) is 24.3 Å². The molecule has 2 aromatic rings. The predicted molar refractivity (Wildman–Crippen MR) is 70.3 cm³/mol. The number of halogens is 1. The maximum atomic E-state index is 12.1. The van der Waals surface area contributed by atoms with Crippen LogP contribution in [0.5, 0.6) is 0 Å². The Balaban J connectivity index is 2.27. The first kappa shape index (κ1) is 12.1. The maximum Gasteiger partial charge on any atom is 0.228 e. The summed E-state index contributed by atoms with van der Waals surface area (Å²) in [5.74, 6) is 0.291. The number of hydrogen-bond acceptors (Lipinski definition) is 2. The molecule has 0 saturated carbocycles. The summed E-state index contributed by atoms with van der Waals surface area (Å²) in [5.41, 5.74) is 1.86. The third-order valence-corrected chi connectivity index (χ3v) is 2.95. The van der Waals surface area contributed by atoms with Gasteiger partial charge in [-0.2, -0.15) is 0 Å². The van der Waals surface area contributed by atoms with Gasteiger partial charge in [0.25, 0.3) is 0 Å². The van der Waals surface area contributed by atoms with E-state index >= 15 is 0 Å². The van der Waals surface area contributed by atoms with Crippen molar-refractivity contribution in [1.29, 1.82) is 0 Å². The zero-order valence-electron chi connectivity index (χ0n) is 9.57. The lowest BCUT2D eigenvalue weighted by molar-refractivity contribution is 0.101. The van der Waals surface area contributed by atoms with E-state index in [-0.39, 0.29) is 5.78 Å². The predicted octanol–water partition coefficient (Wildman–Crippen LogP) is 4.23. The monoisotopic (exact) mass is 292 g/mol. The molecule has 1 heterocycles. The lowest BCUT2D eigenvalue weighted by Crippen LogP contribution is -2.00. The summed E-state index contributed by atoms with van der Waals surface area (Å²) in [6.07, 6.45) is 2.06. The Morgan fingerprint density at radius 2 is 2.12 bits per heavy atom. The summed E-state index contributed by atoms with van der Waals surface area (Å²) in [6, 6.07) is 11.1. The van der Waals surface area contributed by atoms with Crippen LogP contribution in [0.25, 0.3) is 0 Å². The molecular weight excluding hydrogens is 280 g/mol. The zero-order valence-corrected chi connectivity index (χ0v) is 11.2. The van der Waals surface area contributed by atoms with Crippen LogP contribution in [0.2, 0.25) is 0 Å². The van der Waals surface area contributed by atoms with Gasteiger partial charge in [0, 0.05) is 5.56 Å². The van der Waals surface area contributed by atoms with Crippen LogP contribution in [-0.4, -0.2) is 5.78 Å². The third kappa shape index (κ3) is 2.86. The quantitative estimate of drug-likeness (QED) is 0.790. The lowest BCUT2D eigenvalue weighted by Gasteiger charge is -2.02. The van der Waals surface area contributed by atoms with Gasteiger partial charge in [-0.25, -0.2) is 0 Å². The summed E-state index contributed by atoms with van der Waals surface area (Å²) < 4.78 is 5.84. The van der Waals surface area contributed by atoms with Gasteiger partial charge in [-0.3, -0.25) is 4.79 Å². The summed E-state index contributed by atoms with van der Waals surface area (Å²) >= 11 is 3.19. The van der Waals surface area contributed by atoms with E-state index < -0.39 is 0 Å². The largest absolute Gasteiger partial charge is 0.446 e. The molecule has 17 heavy (non-hydrogen) atoms. The molecule has 1 aromatic heterocycles. The highest BCUT2D eigenvalue weighted by molar-refractivity contribution is 9.10. The van der Waals surface area contributed by atoms with Crippen molar-refractivity contribution in [1.82, 2.24) is 0 Å². The number of furan rings is 1. The van der Waals surface area contributed by atoms with Gasteiger partial charge in [-0.05, 0) is 46.1 Å². The van der Waals surface area contributed by atoms with Crippen LogP contribution in [0.3, 0.4) is 0 Å². The molecule has 0 amide bonds. The SMILES string of the molecule is CCCc1cccc(C(=O)c2ccc(Br)o2)c1. The molecule has 0 aliphatic carbocycles. The highest BCUT2D eigenvalue weighted by Gasteiger charge is 2.13. The highest BCUT2D eigenvalue weighted by Crippen LogP contribution is 2.18. The smallest absolute Gasteiger partial charge is 0.228 e. The Labute approximate surface area is 109 Å². The zero-order chi connectivity index (χ0) is 12.3. The number of carbonyl (C=O) groups excluding carboxylic acids is 1. The van der Waals surface area contributed by atoms with E-state index in [9.17, 15) is 4.79 Å². The van der Waals surface area contributed by atoms with Crippen LogP contribution in [0.15, 0.2) is 45.5 Å². The second-order valence-corrected chi connectivity index (χ2v) is 4.66. The number of benzene rings is 1. The molecule has 0 unspecified atom stereocenters. The normalized spacial score (nSPS) is 10.5. The van der Waals surface area contributed by atoms with Gasteiger partial charge in [0.15, 0.2) is 10.4 Å². The molecule has 0 bridgehead atoms. The van der Waals surface area contributed by atoms with Gasteiger partial charge < -0.3 is 4.42 Å². The Hall–Kier alpha value is -1.35. The molecule has 0 atom stereocenters.